The second-order valence-corrected chi connectivity index (χ2v) is 5.68. The third-order valence-corrected chi connectivity index (χ3v) is 3.72. The summed E-state index contributed by atoms with van der Waals surface area (Å²) in [5, 5.41) is 0. The normalized spacial score (nSPS) is 12.4. The van der Waals surface area contributed by atoms with Gasteiger partial charge in [-0.15, -0.1) is 0 Å². The van der Waals surface area contributed by atoms with Gasteiger partial charge in [-0.3, -0.25) is 0 Å². The van der Waals surface area contributed by atoms with Crippen molar-refractivity contribution in [3.63, 3.8) is 0 Å². The second-order valence-electron chi connectivity index (χ2n) is 4.58. The van der Waals surface area contributed by atoms with Crippen molar-refractivity contribution in [3.05, 3.63) is 70.8 Å². The topological polar surface area (TPSA) is 0 Å². The molecule has 0 amide bonds. The van der Waals surface area contributed by atoms with Crippen molar-refractivity contribution in [2.45, 2.75) is 25.1 Å². The summed E-state index contributed by atoms with van der Waals surface area (Å²) < 4.78 is 0. The van der Waals surface area contributed by atoms with Gasteiger partial charge in [0.15, 0.2) is 0 Å². The van der Waals surface area contributed by atoms with E-state index in [9.17, 15) is 0 Å². The van der Waals surface area contributed by atoms with Crippen molar-refractivity contribution < 1.29 is 0 Å². The van der Waals surface area contributed by atoms with E-state index >= 15 is 0 Å². The summed E-state index contributed by atoms with van der Waals surface area (Å²) in [6.45, 7) is 4.30. The molecule has 1 atom stereocenters. The largest absolute Gasteiger partial charge is 0.0835 e. The van der Waals surface area contributed by atoms with Crippen LogP contribution in [0.3, 0.4) is 0 Å². The first-order chi connectivity index (χ1) is 8.15. The fourth-order valence-corrected chi connectivity index (χ4v) is 2.77. The Hall–Kier alpha value is -1.08. The zero-order valence-electron chi connectivity index (χ0n) is 10.3. The minimum atomic E-state index is 0.392. The van der Waals surface area contributed by atoms with Crippen LogP contribution in [0.1, 0.15) is 27.1 Å². The van der Waals surface area contributed by atoms with E-state index in [2.05, 4.69) is 78.3 Å². The molecule has 2 rings (SSSR count). The van der Waals surface area contributed by atoms with Crippen LogP contribution in [0, 0.1) is 13.8 Å². The third kappa shape index (κ3) is 3.44. The highest BCUT2D eigenvalue weighted by molar-refractivity contribution is 9.09. The molecule has 0 aliphatic heterocycles. The monoisotopic (exact) mass is 288 g/mol. The molecule has 0 heterocycles. The molecule has 0 nitrogen and oxygen atoms in total. The van der Waals surface area contributed by atoms with Gasteiger partial charge in [0.25, 0.3) is 0 Å². The lowest BCUT2D eigenvalue weighted by Crippen LogP contribution is -1.96. The van der Waals surface area contributed by atoms with Crippen LogP contribution in [0.25, 0.3) is 0 Å². The van der Waals surface area contributed by atoms with Gasteiger partial charge in [-0.25, -0.2) is 0 Å². The lowest BCUT2D eigenvalue weighted by atomic mass is 10.0. The predicted octanol–water partition coefficient (Wildman–Crippen LogP) is 4.98. The lowest BCUT2D eigenvalue weighted by Gasteiger charge is -2.12. The molecule has 0 aromatic heterocycles. The van der Waals surface area contributed by atoms with Crippen molar-refractivity contribution in [1.82, 2.24) is 0 Å². The molecule has 0 spiro atoms. The van der Waals surface area contributed by atoms with Gasteiger partial charge in [-0.05, 0) is 31.4 Å². The van der Waals surface area contributed by atoms with Gasteiger partial charge < -0.3 is 0 Å². The van der Waals surface area contributed by atoms with Gasteiger partial charge in [0.2, 0.25) is 0 Å². The molecule has 0 bridgehead atoms. The number of rotatable bonds is 3. The van der Waals surface area contributed by atoms with Crippen molar-refractivity contribution >= 4 is 15.9 Å². The minimum Gasteiger partial charge on any atom is -0.0835 e. The van der Waals surface area contributed by atoms with E-state index in [1.807, 2.05) is 0 Å². The zero-order chi connectivity index (χ0) is 12.3. The molecule has 0 N–H and O–H groups in total. The van der Waals surface area contributed by atoms with E-state index in [0.29, 0.717) is 4.83 Å². The highest BCUT2D eigenvalue weighted by Crippen LogP contribution is 2.28. The Morgan fingerprint density at radius 1 is 0.941 bits per heavy atom. The average Bonchev–Trinajstić information content (AvgIpc) is 2.29. The van der Waals surface area contributed by atoms with E-state index in [0.717, 1.165) is 6.42 Å². The molecular weight excluding hydrogens is 272 g/mol. The molecular formula is C16H17Br. The summed E-state index contributed by atoms with van der Waals surface area (Å²) in [6.07, 6.45) is 1.03. The standard InChI is InChI=1S/C16H17Br/c1-12-8-13(2)10-15(9-12)16(17)11-14-6-4-3-5-7-14/h3-10,16H,11H2,1-2H3. The molecule has 0 aliphatic carbocycles. The van der Waals surface area contributed by atoms with Gasteiger partial charge in [-0.2, -0.15) is 0 Å². The van der Waals surface area contributed by atoms with E-state index in [-0.39, 0.29) is 0 Å². The summed E-state index contributed by atoms with van der Waals surface area (Å²) >= 11 is 3.79. The van der Waals surface area contributed by atoms with Gasteiger partial charge >= 0.3 is 0 Å². The van der Waals surface area contributed by atoms with Gasteiger partial charge in [0, 0.05) is 4.83 Å². The van der Waals surface area contributed by atoms with E-state index < -0.39 is 0 Å². The number of halogens is 1. The Balaban J connectivity index is 2.17. The number of benzene rings is 2. The number of hydrogen-bond donors (Lipinski definition) is 0. The molecule has 0 radical (unpaired) electrons. The fourth-order valence-electron chi connectivity index (χ4n) is 2.13. The molecule has 0 aliphatic rings. The predicted molar refractivity (Wildman–Crippen MR) is 77.7 cm³/mol. The lowest BCUT2D eigenvalue weighted by molar-refractivity contribution is 0.944. The molecule has 88 valence electrons. The maximum absolute atomic E-state index is 3.79. The molecule has 0 fully saturated rings. The second kappa shape index (κ2) is 5.50. The molecule has 1 unspecified atom stereocenters. The van der Waals surface area contributed by atoms with Crippen molar-refractivity contribution in [2.24, 2.45) is 0 Å². The van der Waals surface area contributed by atoms with Crippen LogP contribution in [0.5, 0.6) is 0 Å². The molecule has 2 aromatic rings. The molecule has 0 saturated carbocycles. The Labute approximate surface area is 112 Å². The average molecular weight is 289 g/mol. The van der Waals surface area contributed by atoms with Crippen molar-refractivity contribution in [2.75, 3.05) is 0 Å². The summed E-state index contributed by atoms with van der Waals surface area (Å²) in [7, 11) is 0. The molecule has 17 heavy (non-hydrogen) atoms. The number of alkyl halides is 1. The molecule has 1 heteroatoms. The van der Waals surface area contributed by atoms with Gasteiger partial charge in [0.1, 0.15) is 0 Å². The van der Waals surface area contributed by atoms with E-state index in [1.54, 1.807) is 0 Å². The number of aryl methyl sites for hydroxylation is 2. The highest BCUT2D eigenvalue weighted by Gasteiger charge is 2.09. The maximum atomic E-state index is 3.79. The van der Waals surface area contributed by atoms with Crippen LogP contribution in [-0.4, -0.2) is 0 Å². The zero-order valence-corrected chi connectivity index (χ0v) is 11.9. The smallest absolute Gasteiger partial charge is 0.0435 e. The van der Waals surface area contributed by atoms with Crippen LogP contribution in [0.2, 0.25) is 0 Å². The highest BCUT2D eigenvalue weighted by atomic mass is 79.9. The Morgan fingerprint density at radius 2 is 1.53 bits per heavy atom. The van der Waals surface area contributed by atoms with E-state index in [1.165, 1.54) is 22.3 Å². The Kier molecular flexibility index (Phi) is 4.01. The summed E-state index contributed by atoms with van der Waals surface area (Å²) in [4.78, 5) is 0.392. The van der Waals surface area contributed by atoms with Crippen LogP contribution in [0.4, 0.5) is 0 Å². The summed E-state index contributed by atoms with van der Waals surface area (Å²) in [6, 6.07) is 17.3. The van der Waals surface area contributed by atoms with E-state index in [4.69, 9.17) is 0 Å². The first-order valence-electron chi connectivity index (χ1n) is 5.91. The Bertz CT molecular complexity index is 468. The number of hydrogen-bond acceptors (Lipinski definition) is 0. The Morgan fingerprint density at radius 3 is 2.12 bits per heavy atom. The van der Waals surface area contributed by atoms with Crippen LogP contribution >= 0.6 is 15.9 Å². The first-order valence-corrected chi connectivity index (χ1v) is 6.83. The molecule has 2 aromatic carbocycles. The summed E-state index contributed by atoms with van der Waals surface area (Å²) in [5.41, 5.74) is 5.40. The van der Waals surface area contributed by atoms with Crippen LogP contribution in [0.15, 0.2) is 48.5 Å². The van der Waals surface area contributed by atoms with Gasteiger partial charge in [0.05, 0.1) is 0 Å². The minimum absolute atomic E-state index is 0.392. The fraction of sp³-hybridized carbons (Fsp3) is 0.250. The summed E-state index contributed by atoms with van der Waals surface area (Å²) in [5.74, 6) is 0. The van der Waals surface area contributed by atoms with Crippen molar-refractivity contribution in [3.8, 4) is 0 Å². The SMILES string of the molecule is Cc1cc(C)cc(C(Br)Cc2ccccc2)c1. The van der Waals surface area contributed by atoms with Crippen LogP contribution in [-0.2, 0) is 6.42 Å². The quantitative estimate of drug-likeness (QED) is 0.699. The maximum Gasteiger partial charge on any atom is 0.0435 e. The third-order valence-electron chi connectivity index (χ3n) is 2.86. The molecule has 0 saturated heterocycles. The van der Waals surface area contributed by atoms with Crippen molar-refractivity contribution in [1.29, 1.82) is 0 Å². The van der Waals surface area contributed by atoms with Crippen LogP contribution < -0.4 is 0 Å². The van der Waals surface area contributed by atoms with Gasteiger partial charge in [-0.1, -0.05) is 75.6 Å². The first kappa shape index (κ1) is 12.4.